The van der Waals surface area contributed by atoms with E-state index >= 15 is 0 Å². The molecule has 0 bridgehead atoms. The Morgan fingerprint density at radius 2 is 1.17 bits per heavy atom. The second-order valence-corrected chi connectivity index (χ2v) is 17.6. The molecule has 0 aliphatic heterocycles. The van der Waals surface area contributed by atoms with Gasteiger partial charge in [-0.25, -0.2) is 17.9 Å². The monoisotopic (exact) mass is 867 g/mol. The Kier molecular flexibility index (Phi) is 12.0. The van der Waals surface area contributed by atoms with Crippen LogP contribution >= 0.6 is 0 Å². The van der Waals surface area contributed by atoms with Crippen LogP contribution in [0.5, 0.6) is 11.5 Å². The zero-order valence-corrected chi connectivity index (χ0v) is 36.6. The third-order valence-electron chi connectivity index (χ3n) is 11.7. The largest absolute Gasteiger partial charge is 0.496 e. The molecular weight excluding hydrogens is 819 g/mol. The second kappa shape index (κ2) is 17.7. The van der Waals surface area contributed by atoms with E-state index in [0.29, 0.717) is 46.8 Å². The fourth-order valence-corrected chi connectivity index (χ4v) is 9.68. The predicted octanol–water partition coefficient (Wildman–Crippen LogP) is 9.04. The van der Waals surface area contributed by atoms with E-state index in [4.69, 9.17) is 14.2 Å². The Morgan fingerprint density at radius 3 is 1.71 bits per heavy atom. The maximum Gasteiger partial charge on any atom is 0.411 e. The molecule has 7 aromatic rings. The van der Waals surface area contributed by atoms with Crippen LogP contribution in [-0.4, -0.2) is 55.8 Å². The van der Waals surface area contributed by atoms with E-state index in [9.17, 15) is 22.8 Å². The van der Waals surface area contributed by atoms with Gasteiger partial charge in [-0.15, -0.1) is 0 Å². The van der Waals surface area contributed by atoms with Crippen molar-refractivity contribution in [3.05, 3.63) is 148 Å². The zero-order valence-electron chi connectivity index (χ0n) is 35.8. The lowest BCUT2D eigenvalue weighted by atomic mass is 10.0. The molecule has 0 radical (unpaired) electrons. The first-order valence-corrected chi connectivity index (χ1v) is 22.2. The summed E-state index contributed by atoms with van der Waals surface area (Å²) in [6.45, 7) is 1.67. The number of sulfonamides is 1. The average molecular weight is 868 g/mol. The molecule has 1 aliphatic rings. The first-order valence-electron chi connectivity index (χ1n) is 20.7. The van der Waals surface area contributed by atoms with Crippen molar-refractivity contribution in [3.8, 4) is 11.5 Å². The van der Waals surface area contributed by atoms with Crippen LogP contribution in [-0.2, 0) is 41.7 Å². The minimum Gasteiger partial charge on any atom is -0.496 e. The highest BCUT2D eigenvalue weighted by molar-refractivity contribution is 7.90. The van der Waals surface area contributed by atoms with Gasteiger partial charge in [0.1, 0.15) is 17.6 Å². The Labute approximate surface area is 366 Å². The molecule has 5 aromatic carbocycles. The first-order chi connectivity index (χ1) is 30.3. The molecule has 2 aromatic heterocycles. The average Bonchev–Trinajstić information content (AvgIpc) is 3.97. The van der Waals surface area contributed by atoms with Crippen LogP contribution < -0.4 is 24.8 Å². The summed E-state index contributed by atoms with van der Waals surface area (Å²) in [7, 11) is 2.92. The maximum atomic E-state index is 13.7. The van der Waals surface area contributed by atoms with E-state index in [1.807, 2.05) is 71.9 Å². The van der Waals surface area contributed by atoms with Gasteiger partial charge in [0.15, 0.2) is 0 Å². The third-order valence-corrected chi connectivity index (χ3v) is 13.2. The molecule has 1 aliphatic carbocycles. The number of rotatable bonds is 13. The molecule has 1 fully saturated rings. The highest BCUT2D eigenvalue weighted by Crippen LogP contribution is 2.33. The SMILES string of the molecule is COc1cc(C(=O)Nc2ccc3c(c2)c(Cc2ccc(C(=O)NS(=O)(=O)c4ccccc4C)cc2OC)cn3C)ccc1Cc1cn(C)c2ccc(NC(=O)OC3CCCC3)cc12. The summed E-state index contributed by atoms with van der Waals surface area (Å²) in [6, 6.07) is 28.3. The maximum absolute atomic E-state index is 13.7. The number of nitrogens with zero attached hydrogens (tertiary/aromatic N) is 2. The molecule has 3 amide bonds. The number of carbonyl (C=O) groups is 3. The second-order valence-electron chi connectivity index (χ2n) is 16.0. The van der Waals surface area contributed by atoms with Crippen molar-refractivity contribution >= 4 is 61.1 Å². The molecule has 0 spiro atoms. The normalized spacial score (nSPS) is 13.0. The van der Waals surface area contributed by atoms with Crippen molar-refractivity contribution in [1.82, 2.24) is 13.9 Å². The molecule has 14 heteroatoms. The Hall–Kier alpha value is -7.06. The van der Waals surface area contributed by atoms with Crippen molar-refractivity contribution in [2.45, 2.75) is 56.4 Å². The number of anilines is 2. The Morgan fingerprint density at radius 1 is 0.651 bits per heavy atom. The lowest BCUT2D eigenvalue weighted by Crippen LogP contribution is -2.31. The van der Waals surface area contributed by atoms with Crippen LogP contribution in [0.4, 0.5) is 16.2 Å². The molecule has 63 heavy (non-hydrogen) atoms. The van der Waals surface area contributed by atoms with Crippen LogP contribution in [0.15, 0.2) is 114 Å². The summed E-state index contributed by atoms with van der Waals surface area (Å²) < 4.78 is 49.3. The predicted molar refractivity (Wildman–Crippen MR) is 244 cm³/mol. The molecule has 2 heterocycles. The molecule has 8 rings (SSSR count). The van der Waals surface area contributed by atoms with E-state index in [1.165, 1.54) is 19.2 Å². The standard InChI is InChI=1S/C49H49N5O8S/c1-30-10-6-9-13-46(30)63(58,59)52-48(56)34-17-15-32(45(25-34)61-5)23-35-28-53(2)42-20-18-37(26-40(35)42)50-47(55)33-16-14-31(44(24-33)60-4)22-36-29-54(3)43-21-19-38(27-41(36)43)51-49(57)62-39-11-7-8-12-39/h6,9-10,13-21,24-29,39H,7-8,11-12,22-23H2,1-5H3,(H,50,55)(H,51,57)(H,52,56). The number of methoxy groups -OCH3 is 2. The van der Waals surface area contributed by atoms with Crippen LogP contribution in [0.3, 0.4) is 0 Å². The van der Waals surface area contributed by atoms with Crippen molar-refractivity contribution in [3.63, 3.8) is 0 Å². The lowest BCUT2D eigenvalue weighted by Gasteiger charge is -2.13. The minimum absolute atomic E-state index is 0.0294. The topological polar surface area (TPSA) is 159 Å². The number of hydrogen-bond acceptors (Lipinski definition) is 8. The quantitative estimate of drug-likeness (QED) is 0.104. The van der Waals surface area contributed by atoms with Crippen molar-refractivity contribution in [1.29, 1.82) is 0 Å². The molecule has 0 unspecified atom stereocenters. The van der Waals surface area contributed by atoms with E-state index in [2.05, 4.69) is 21.6 Å². The van der Waals surface area contributed by atoms with Gasteiger partial charge >= 0.3 is 6.09 Å². The summed E-state index contributed by atoms with van der Waals surface area (Å²) in [5.41, 5.74) is 7.97. The van der Waals surface area contributed by atoms with Crippen LogP contribution in [0, 0.1) is 6.92 Å². The van der Waals surface area contributed by atoms with Gasteiger partial charge in [-0.2, -0.15) is 0 Å². The molecule has 3 N–H and O–H groups in total. The number of ether oxygens (including phenoxy) is 3. The number of benzene rings is 5. The minimum atomic E-state index is -4.09. The van der Waals surface area contributed by atoms with Crippen molar-refractivity contribution in [2.24, 2.45) is 14.1 Å². The third kappa shape index (κ3) is 9.12. The molecule has 0 saturated heterocycles. The van der Waals surface area contributed by atoms with E-state index in [-0.39, 0.29) is 22.5 Å². The summed E-state index contributed by atoms with van der Waals surface area (Å²) in [4.78, 5) is 39.5. The van der Waals surface area contributed by atoms with Gasteiger partial charge < -0.3 is 28.7 Å². The van der Waals surface area contributed by atoms with E-state index in [0.717, 1.165) is 69.7 Å². The van der Waals surface area contributed by atoms with Gasteiger partial charge in [0.2, 0.25) is 0 Å². The molecule has 324 valence electrons. The van der Waals surface area contributed by atoms with Gasteiger partial charge in [-0.3, -0.25) is 14.9 Å². The fourth-order valence-electron chi connectivity index (χ4n) is 8.46. The molecule has 0 atom stereocenters. The van der Waals surface area contributed by atoms with E-state index in [1.54, 1.807) is 56.5 Å². The van der Waals surface area contributed by atoms with Crippen LogP contribution in [0.1, 0.15) is 74.2 Å². The van der Waals surface area contributed by atoms with Gasteiger partial charge in [0.05, 0.1) is 19.1 Å². The highest BCUT2D eigenvalue weighted by atomic mass is 32.2. The number of nitrogens with one attached hydrogen (secondary N) is 3. The molecule has 13 nitrogen and oxygen atoms in total. The first kappa shape index (κ1) is 42.6. The van der Waals surface area contributed by atoms with Crippen LogP contribution in [0.2, 0.25) is 0 Å². The Bertz CT molecular complexity index is 3020. The smallest absolute Gasteiger partial charge is 0.411 e. The van der Waals surface area contributed by atoms with Crippen molar-refractivity contribution < 1.29 is 37.0 Å². The van der Waals surface area contributed by atoms with Crippen molar-refractivity contribution in [2.75, 3.05) is 24.9 Å². The molecule has 1 saturated carbocycles. The Balaban J connectivity index is 0.967. The lowest BCUT2D eigenvalue weighted by molar-refractivity contribution is 0.0979. The summed E-state index contributed by atoms with van der Waals surface area (Å²) in [6.07, 6.45) is 8.52. The fraction of sp³-hybridized carbons (Fsp3) is 0.245. The summed E-state index contributed by atoms with van der Waals surface area (Å²) >= 11 is 0. The summed E-state index contributed by atoms with van der Waals surface area (Å²) in [5.74, 6) is -0.0801. The number of fused-ring (bicyclic) bond motifs is 2. The highest BCUT2D eigenvalue weighted by Gasteiger charge is 2.23. The van der Waals surface area contributed by atoms with Crippen LogP contribution in [0.25, 0.3) is 21.8 Å². The molecular formula is C49H49N5O8S. The summed E-state index contributed by atoms with van der Waals surface area (Å²) in [5, 5.41) is 7.84. The van der Waals surface area contributed by atoms with Gasteiger partial charge in [0, 0.05) is 83.6 Å². The number of hydrogen-bond donors (Lipinski definition) is 3. The zero-order chi connectivity index (χ0) is 44.4. The number of carbonyl (C=O) groups excluding carboxylic acids is 3. The number of amides is 3. The number of aromatic nitrogens is 2. The van der Waals surface area contributed by atoms with Gasteiger partial charge in [-0.05, 0) is 127 Å². The van der Waals surface area contributed by atoms with Gasteiger partial charge in [0.25, 0.3) is 21.8 Å². The number of aryl methyl sites for hydroxylation is 3. The van der Waals surface area contributed by atoms with E-state index < -0.39 is 22.0 Å². The van der Waals surface area contributed by atoms with Gasteiger partial charge in [-0.1, -0.05) is 30.3 Å².